The number of rotatable bonds is 3. The molecule has 0 amide bonds. The van der Waals surface area contributed by atoms with Gasteiger partial charge in [0.2, 0.25) is 0 Å². The molecular weight excluding hydrogens is 236 g/mol. The molecule has 1 aliphatic heterocycles. The second-order valence-electron chi connectivity index (χ2n) is 5.01. The summed E-state index contributed by atoms with van der Waals surface area (Å²) in [4.78, 5) is 0. The number of ether oxygens (including phenoxy) is 1. The van der Waals surface area contributed by atoms with E-state index in [1.807, 2.05) is 13.8 Å². The highest BCUT2D eigenvalue weighted by molar-refractivity contribution is 5.31. The molecule has 1 atom stereocenters. The van der Waals surface area contributed by atoms with E-state index in [1.54, 1.807) is 24.3 Å². The van der Waals surface area contributed by atoms with Crippen molar-refractivity contribution in [2.24, 2.45) is 0 Å². The normalized spacial score (nSPS) is 23.1. The molecule has 1 heterocycles. The second kappa shape index (κ2) is 5.22. The Balaban J connectivity index is 2.13. The van der Waals surface area contributed by atoms with E-state index in [9.17, 15) is 8.78 Å². The molecule has 1 saturated heterocycles. The van der Waals surface area contributed by atoms with E-state index < -0.39 is 11.8 Å². The molecule has 4 heteroatoms. The van der Waals surface area contributed by atoms with Gasteiger partial charge in [-0.05, 0) is 44.5 Å². The SMILES string of the molecule is CC(C)Oc1ccc(C2CCNCC2(F)F)cc1. The van der Waals surface area contributed by atoms with Crippen LogP contribution in [0.3, 0.4) is 0 Å². The van der Waals surface area contributed by atoms with Crippen LogP contribution >= 0.6 is 0 Å². The fourth-order valence-corrected chi connectivity index (χ4v) is 2.30. The van der Waals surface area contributed by atoms with Gasteiger partial charge in [0.25, 0.3) is 5.92 Å². The molecule has 0 radical (unpaired) electrons. The van der Waals surface area contributed by atoms with E-state index >= 15 is 0 Å². The molecule has 18 heavy (non-hydrogen) atoms. The lowest BCUT2D eigenvalue weighted by molar-refractivity contribution is -0.0420. The van der Waals surface area contributed by atoms with Crippen LogP contribution in [0, 0.1) is 0 Å². The Morgan fingerprint density at radius 3 is 2.50 bits per heavy atom. The summed E-state index contributed by atoms with van der Waals surface area (Å²) >= 11 is 0. The van der Waals surface area contributed by atoms with Crippen LogP contribution in [0.15, 0.2) is 24.3 Å². The summed E-state index contributed by atoms with van der Waals surface area (Å²) in [5, 5.41) is 2.74. The molecule has 1 aliphatic rings. The highest BCUT2D eigenvalue weighted by Gasteiger charge is 2.42. The Bertz CT molecular complexity index is 389. The first kappa shape index (κ1) is 13.3. The van der Waals surface area contributed by atoms with Gasteiger partial charge in [0.1, 0.15) is 5.75 Å². The van der Waals surface area contributed by atoms with Gasteiger partial charge >= 0.3 is 0 Å². The lowest BCUT2D eigenvalue weighted by atomic mass is 9.87. The van der Waals surface area contributed by atoms with Crippen LogP contribution in [0.4, 0.5) is 8.78 Å². The maximum atomic E-state index is 13.8. The van der Waals surface area contributed by atoms with Gasteiger partial charge < -0.3 is 10.1 Å². The van der Waals surface area contributed by atoms with Crippen LogP contribution in [-0.2, 0) is 0 Å². The fourth-order valence-electron chi connectivity index (χ4n) is 2.30. The number of alkyl halides is 2. The van der Waals surface area contributed by atoms with Crippen LogP contribution in [0.2, 0.25) is 0 Å². The Kier molecular flexibility index (Phi) is 3.85. The summed E-state index contributed by atoms with van der Waals surface area (Å²) < 4.78 is 33.1. The van der Waals surface area contributed by atoms with Crippen molar-refractivity contribution in [2.75, 3.05) is 13.1 Å². The molecule has 2 rings (SSSR count). The minimum atomic E-state index is -2.67. The first-order valence-electron chi connectivity index (χ1n) is 6.34. The van der Waals surface area contributed by atoms with Crippen LogP contribution < -0.4 is 10.1 Å². The zero-order valence-electron chi connectivity index (χ0n) is 10.7. The molecule has 1 aromatic rings. The number of hydrogen-bond donors (Lipinski definition) is 1. The molecule has 0 spiro atoms. The zero-order chi connectivity index (χ0) is 13.2. The maximum Gasteiger partial charge on any atom is 0.267 e. The van der Waals surface area contributed by atoms with E-state index in [4.69, 9.17) is 4.74 Å². The van der Waals surface area contributed by atoms with Crippen molar-refractivity contribution in [3.05, 3.63) is 29.8 Å². The number of benzene rings is 1. The molecule has 2 nitrogen and oxygen atoms in total. The summed E-state index contributed by atoms with van der Waals surface area (Å²) in [5.74, 6) is -2.63. The summed E-state index contributed by atoms with van der Waals surface area (Å²) in [6.07, 6.45) is 0.563. The van der Waals surface area contributed by atoms with Crippen molar-refractivity contribution in [1.82, 2.24) is 5.32 Å². The van der Waals surface area contributed by atoms with E-state index in [-0.39, 0.29) is 12.6 Å². The van der Waals surface area contributed by atoms with Crippen LogP contribution in [-0.4, -0.2) is 25.1 Å². The monoisotopic (exact) mass is 255 g/mol. The second-order valence-corrected chi connectivity index (χ2v) is 5.01. The highest BCUT2D eigenvalue weighted by atomic mass is 19.3. The number of halogens is 2. The molecule has 100 valence electrons. The third-order valence-corrected chi connectivity index (χ3v) is 3.13. The maximum absolute atomic E-state index is 13.8. The Morgan fingerprint density at radius 1 is 1.28 bits per heavy atom. The van der Waals surface area contributed by atoms with Crippen molar-refractivity contribution >= 4 is 0 Å². The third kappa shape index (κ3) is 2.99. The predicted octanol–water partition coefficient (Wildman–Crippen LogP) is 3.19. The first-order chi connectivity index (χ1) is 8.49. The Labute approximate surface area is 106 Å². The number of piperidine rings is 1. The third-order valence-electron chi connectivity index (χ3n) is 3.13. The van der Waals surface area contributed by atoms with Gasteiger partial charge in [-0.25, -0.2) is 8.78 Å². The van der Waals surface area contributed by atoms with Crippen LogP contribution in [0.25, 0.3) is 0 Å². The van der Waals surface area contributed by atoms with Crippen molar-refractivity contribution in [3.63, 3.8) is 0 Å². The van der Waals surface area contributed by atoms with Crippen molar-refractivity contribution in [2.45, 2.75) is 38.2 Å². The van der Waals surface area contributed by atoms with Gasteiger partial charge in [0.15, 0.2) is 0 Å². The van der Waals surface area contributed by atoms with Crippen molar-refractivity contribution < 1.29 is 13.5 Å². The summed E-state index contributed by atoms with van der Waals surface area (Å²) in [5.41, 5.74) is 0.692. The largest absolute Gasteiger partial charge is 0.491 e. The Morgan fingerprint density at radius 2 is 1.94 bits per heavy atom. The van der Waals surface area contributed by atoms with Crippen molar-refractivity contribution in [3.8, 4) is 5.75 Å². The summed E-state index contributed by atoms with van der Waals surface area (Å²) in [6.45, 7) is 4.29. The van der Waals surface area contributed by atoms with Gasteiger partial charge in [0, 0.05) is 0 Å². The van der Waals surface area contributed by atoms with Gasteiger partial charge in [-0.2, -0.15) is 0 Å². The molecule has 0 aliphatic carbocycles. The average molecular weight is 255 g/mol. The predicted molar refractivity (Wildman–Crippen MR) is 67.4 cm³/mol. The summed E-state index contributed by atoms with van der Waals surface area (Å²) in [6, 6.07) is 7.05. The molecule has 0 saturated carbocycles. The van der Waals surface area contributed by atoms with Gasteiger partial charge in [-0.3, -0.25) is 0 Å². The molecule has 1 N–H and O–H groups in total. The lowest BCUT2D eigenvalue weighted by Crippen LogP contribution is -2.44. The molecular formula is C14H19F2NO. The lowest BCUT2D eigenvalue weighted by Gasteiger charge is -2.32. The number of hydrogen-bond acceptors (Lipinski definition) is 2. The zero-order valence-corrected chi connectivity index (χ0v) is 10.7. The van der Waals surface area contributed by atoms with Crippen LogP contribution in [0.1, 0.15) is 31.7 Å². The van der Waals surface area contributed by atoms with Gasteiger partial charge in [0.05, 0.1) is 18.6 Å². The highest BCUT2D eigenvalue weighted by Crippen LogP contribution is 2.38. The minimum Gasteiger partial charge on any atom is -0.491 e. The molecule has 1 unspecified atom stereocenters. The minimum absolute atomic E-state index is 0.0937. The topological polar surface area (TPSA) is 21.3 Å². The number of nitrogens with one attached hydrogen (secondary N) is 1. The average Bonchev–Trinajstić information content (AvgIpc) is 2.29. The Hall–Kier alpha value is -1.16. The fraction of sp³-hybridized carbons (Fsp3) is 0.571. The smallest absolute Gasteiger partial charge is 0.267 e. The molecule has 0 aromatic heterocycles. The summed E-state index contributed by atoms with van der Waals surface area (Å²) in [7, 11) is 0. The van der Waals surface area contributed by atoms with E-state index in [0.717, 1.165) is 5.75 Å². The quantitative estimate of drug-likeness (QED) is 0.895. The van der Waals surface area contributed by atoms with E-state index in [2.05, 4.69) is 5.32 Å². The molecule has 1 aromatic carbocycles. The van der Waals surface area contributed by atoms with E-state index in [0.29, 0.717) is 18.5 Å². The van der Waals surface area contributed by atoms with E-state index in [1.165, 1.54) is 0 Å². The van der Waals surface area contributed by atoms with Crippen LogP contribution in [0.5, 0.6) is 5.75 Å². The van der Waals surface area contributed by atoms with Gasteiger partial charge in [-0.15, -0.1) is 0 Å². The standard InChI is InChI=1S/C14H19F2NO/c1-10(2)18-12-5-3-11(4-6-12)13-7-8-17-9-14(13,15)16/h3-6,10,13,17H,7-9H2,1-2H3. The molecule has 1 fully saturated rings. The molecule has 0 bridgehead atoms. The van der Waals surface area contributed by atoms with Crippen molar-refractivity contribution in [1.29, 1.82) is 0 Å². The van der Waals surface area contributed by atoms with Gasteiger partial charge in [-0.1, -0.05) is 12.1 Å². The first-order valence-corrected chi connectivity index (χ1v) is 6.34.